The second kappa shape index (κ2) is 7.75. The molecule has 3 heterocycles. The lowest BCUT2D eigenvalue weighted by atomic mass is 9.98. The highest BCUT2D eigenvalue weighted by Crippen LogP contribution is 2.24. The number of carbonyl (C=O) groups excluding carboxylic acids is 1. The van der Waals surface area contributed by atoms with E-state index in [1.807, 2.05) is 37.5 Å². The highest BCUT2D eigenvalue weighted by Gasteiger charge is 2.11. The van der Waals surface area contributed by atoms with Crippen molar-refractivity contribution < 1.29 is 9.53 Å². The lowest BCUT2D eigenvalue weighted by molar-refractivity contribution is 0.0946. The summed E-state index contributed by atoms with van der Waals surface area (Å²) < 4.78 is 7.00. The molecule has 0 saturated heterocycles. The van der Waals surface area contributed by atoms with Crippen LogP contribution in [0.4, 0.5) is 0 Å². The topological polar surface area (TPSA) is 68.5 Å². The van der Waals surface area contributed by atoms with Gasteiger partial charge in [-0.2, -0.15) is 0 Å². The first-order valence-corrected chi connectivity index (χ1v) is 9.37. The average Bonchev–Trinajstić information content (AvgIpc) is 3.15. The van der Waals surface area contributed by atoms with Gasteiger partial charge in [-0.3, -0.25) is 9.78 Å². The summed E-state index contributed by atoms with van der Waals surface area (Å²) in [6.45, 7) is 4.50. The highest BCUT2D eigenvalue weighted by atomic mass is 16.5. The molecule has 0 bridgehead atoms. The van der Waals surface area contributed by atoms with E-state index in [4.69, 9.17) is 4.74 Å². The number of aryl methyl sites for hydroxylation is 2. The summed E-state index contributed by atoms with van der Waals surface area (Å²) in [5.41, 5.74) is 6.54. The number of nitrogens with one attached hydrogen (secondary N) is 1. The van der Waals surface area contributed by atoms with Gasteiger partial charge in [-0.25, -0.2) is 4.98 Å². The van der Waals surface area contributed by atoms with Gasteiger partial charge in [0.1, 0.15) is 17.1 Å². The normalized spacial score (nSPS) is 10.9. The predicted octanol–water partition coefficient (Wildman–Crippen LogP) is 3.95. The summed E-state index contributed by atoms with van der Waals surface area (Å²) >= 11 is 0. The molecule has 0 unspecified atom stereocenters. The van der Waals surface area contributed by atoms with E-state index < -0.39 is 0 Å². The zero-order valence-corrected chi connectivity index (χ0v) is 16.6. The average molecular weight is 386 g/mol. The van der Waals surface area contributed by atoms with Gasteiger partial charge in [0.05, 0.1) is 7.11 Å². The molecule has 6 nitrogen and oxygen atoms in total. The van der Waals surface area contributed by atoms with E-state index in [-0.39, 0.29) is 5.91 Å². The lowest BCUT2D eigenvalue weighted by Gasteiger charge is -2.10. The number of carbonyl (C=O) groups is 1. The fourth-order valence-electron chi connectivity index (χ4n) is 3.35. The minimum Gasteiger partial charge on any atom is -0.497 e. The van der Waals surface area contributed by atoms with Gasteiger partial charge in [-0.15, -0.1) is 0 Å². The summed E-state index contributed by atoms with van der Waals surface area (Å²) in [5, 5.41) is 2.94. The van der Waals surface area contributed by atoms with E-state index in [1.165, 1.54) is 5.56 Å². The van der Waals surface area contributed by atoms with Crippen molar-refractivity contribution in [1.82, 2.24) is 19.7 Å². The Bertz CT molecular complexity index is 1200. The number of amides is 1. The standard InChI is InChI=1S/C23H22N4O2/c1-15-10-17(4-5-20(15)18-6-8-24-16(2)11-18)13-25-23(28)21-14-27-9-7-19(29-3)12-22(27)26-21/h4-12,14H,13H2,1-3H3,(H,25,28). The molecule has 4 aromatic rings. The third-order valence-corrected chi connectivity index (χ3v) is 4.85. The minimum atomic E-state index is -0.209. The van der Waals surface area contributed by atoms with Gasteiger partial charge in [0.15, 0.2) is 0 Å². The maximum absolute atomic E-state index is 12.5. The number of nitrogens with zero attached hydrogens (tertiary/aromatic N) is 3. The van der Waals surface area contributed by atoms with Crippen LogP contribution in [0.1, 0.15) is 27.3 Å². The van der Waals surface area contributed by atoms with E-state index in [0.717, 1.165) is 22.4 Å². The Kier molecular flexibility index (Phi) is 4.99. The second-order valence-corrected chi connectivity index (χ2v) is 6.98. The van der Waals surface area contributed by atoms with Gasteiger partial charge in [-0.1, -0.05) is 18.2 Å². The molecule has 1 amide bonds. The quantitative estimate of drug-likeness (QED) is 0.564. The number of fused-ring (bicyclic) bond motifs is 1. The Morgan fingerprint density at radius 2 is 2.00 bits per heavy atom. The number of imidazole rings is 1. The van der Waals surface area contributed by atoms with E-state index in [1.54, 1.807) is 23.8 Å². The molecule has 0 aliphatic heterocycles. The summed E-state index contributed by atoms with van der Waals surface area (Å²) in [4.78, 5) is 21.2. The van der Waals surface area contributed by atoms with E-state index >= 15 is 0 Å². The van der Waals surface area contributed by atoms with Crippen LogP contribution in [0.3, 0.4) is 0 Å². The molecule has 146 valence electrons. The number of hydrogen-bond donors (Lipinski definition) is 1. The molecule has 0 radical (unpaired) electrons. The Labute approximate surface area is 169 Å². The molecule has 6 heteroatoms. The van der Waals surface area contributed by atoms with Gasteiger partial charge in [0.2, 0.25) is 0 Å². The SMILES string of the molecule is COc1ccn2cc(C(=O)NCc3ccc(-c4ccnc(C)c4)c(C)c3)nc2c1. The monoisotopic (exact) mass is 386 g/mol. The molecule has 1 N–H and O–H groups in total. The van der Waals surface area contributed by atoms with E-state index in [9.17, 15) is 4.79 Å². The summed E-state index contributed by atoms with van der Waals surface area (Å²) in [5.74, 6) is 0.495. The van der Waals surface area contributed by atoms with Crippen LogP contribution in [0.25, 0.3) is 16.8 Å². The maximum Gasteiger partial charge on any atom is 0.271 e. The van der Waals surface area contributed by atoms with Gasteiger partial charge in [-0.05, 0) is 54.3 Å². The molecular weight excluding hydrogens is 364 g/mol. The molecule has 1 aromatic carbocycles. The van der Waals surface area contributed by atoms with Crippen LogP contribution >= 0.6 is 0 Å². The van der Waals surface area contributed by atoms with Crippen LogP contribution in [-0.2, 0) is 6.54 Å². The van der Waals surface area contributed by atoms with E-state index in [0.29, 0.717) is 23.6 Å². The Morgan fingerprint density at radius 3 is 2.76 bits per heavy atom. The molecule has 0 fully saturated rings. The van der Waals surface area contributed by atoms with Gasteiger partial charge in [0, 0.05) is 36.9 Å². The van der Waals surface area contributed by atoms with Crippen LogP contribution in [0.5, 0.6) is 5.75 Å². The van der Waals surface area contributed by atoms with Crippen molar-refractivity contribution in [3.63, 3.8) is 0 Å². The number of ether oxygens (including phenoxy) is 1. The van der Waals surface area contributed by atoms with Crippen molar-refractivity contribution in [2.24, 2.45) is 0 Å². The highest BCUT2D eigenvalue weighted by molar-refractivity contribution is 5.92. The van der Waals surface area contributed by atoms with Crippen molar-refractivity contribution in [3.8, 4) is 16.9 Å². The first-order valence-electron chi connectivity index (χ1n) is 9.37. The van der Waals surface area contributed by atoms with Crippen LogP contribution in [-0.4, -0.2) is 27.4 Å². The number of benzene rings is 1. The van der Waals surface area contributed by atoms with Crippen molar-refractivity contribution in [2.75, 3.05) is 7.11 Å². The number of aromatic nitrogens is 3. The fourth-order valence-corrected chi connectivity index (χ4v) is 3.35. The first-order chi connectivity index (χ1) is 14.0. The molecule has 0 aliphatic rings. The molecule has 3 aromatic heterocycles. The Balaban J connectivity index is 1.47. The van der Waals surface area contributed by atoms with Gasteiger partial charge < -0.3 is 14.5 Å². The zero-order valence-electron chi connectivity index (χ0n) is 16.6. The van der Waals surface area contributed by atoms with Gasteiger partial charge >= 0.3 is 0 Å². The van der Waals surface area contributed by atoms with Crippen molar-refractivity contribution in [1.29, 1.82) is 0 Å². The first kappa shape index (κ1) is 18.7. The van der Waals surface area contributed by atoms with Gasteiger partial charge in [0.25, 0.3) is 5.91 Å². The number of hydrogen-bond acceptors (Lipinski definition) is 4. The largest absolute Gasteiger partial charge is 0.497 e. The number of methoxy groups -OCH3 is 1. The van der Waals surface area contributed by atoms with Crippen LogP contribution in [0.15, 0.2) is 61.1 Å². The molecule has 0 saturated carbocycles. The van der Waals surface area contributed by atoms with E-state index in [2.05, 4.69) is 40.4 Å². The van der Waals surface area contributed by atoms with Crippen molar-refractivity contribution >= 4 is 11.6 Å². The second-order valence-electron chi connectivity index (χ2n) is 6.98. The predicted molar refractivity (Wildman–Crippen MR) is 112 cm³/mol. The fraction of sp³-hybridized carbons (Fsp3) is 0.174. The lowest BCUT2D eigenvalue weighted by Crippen LogP contribution is -2.23. The van der Waals surface area contributed by atoms with Crippen LogP contribution in [0.2, 0.25) is 0 Å². The van der Waals surface area contributed by atoms with Crippen LogP contribution in [0, 0.1) is 13.8 Å². The summed E-state index contributed by atoms with van der Waals surface area (Å²) in [7, 11) is 1.60. The third kappa shape index (κ3) is 3.96. The molecule has 0 spiro atoms. The molecule has 0 aliphatic carbocycles. The summed E-state index contributed by atoms with van der Waals surface area (Å²) in [6.07, 6.45) is 5.35. The van der Waals surface area contributed by atoms with Crippen molar-refractivity contribution in [2.45, 2.75) is 20.4 Å². The molecule has 4 rings (SSSR count). The number of rotatable bonds is 5. The smallest absolute Gasteiger partial charge is 0.271 e. The minimum absolute atomic E-state index is 0.209. The molecular formula is C23H22N4O2. The maximum atomic E-state index is 12.5. The summed E-state index contributed by atoms with van der Waals surface area (Å²) in [6, 6.07) is 13.9. The Morgan fingerprint density at radius 1 is 1.14 bits per heavy atom. The van der Waals surface area contributed by atoms with Crippen molar-refractivity contribution in [3.05, 3.63) is 83.6 Å². The molecule has 29 heavy (non-hydrogen) atoms. The zero-order chi connectivity index (χ0) is 20.4. The number of pyridine rings is 2. The Hall–Kier alpha value is -3.67. The molecule has 0 atom stereocenters. The third-order valence-electron chi connectivity index (χ3n) is 4.85. The van der Waals surface area contributed by atoms with Crippen LogP contribution < -0.4 is 10.1 Å².